The van der Waals surface area contributed by atoms with E-state index in [1.807, 2.05) is 54.5 Å². The number of aromatic nitrogens is 6. The molecule has 2 aromatic carbocycles. The van der Waals surface area contributed by atoms with Crippen molar-refractivity contribution in [3.8, 4) is 22.6 Å². The van der Waals surface area contributed by atoms with Gasteiger partial charge in [0.1, 0.15) is 23.4 Å². The summed E-state index contributed by atoms with van der Waals surface area (Å²) in [6, 6.07) is 14.7. The predicted octanol–water partition coefficient (Wildman–Crippen LogP) is 3.88. The number of anilines is 1. The highest BCUT2D eigenvalue weighted by Crippen LogP contribution is 2.37. The van der Waals surface area contributed by atoms with Gasteiger partial charge in [0.2, 0.25) is 5.91 Å². The van der Waals surface area contributed by atoms with Crippen LogP contribution in [0.5, 0.6) is 0 Å². The molecule has 0 radical (unpaired) electrons. The van der Waals surface area contributed by atoms with E-state index in [9.17, 15) is 4.79 Å². The largest absolute Gasteiger partial charge is 0.397 e. The fraction of sp³-hybridized carbons (Fsp3) is 0.345. The zero-order chi connectivity index (χ0) is 26.5. The molecule has 0 spiro atoms. The number of amides is 1. The second kappa shape index (κ2) is 9.46. The van der Waals surface area contributed by atoms with E-state index in [-0.39, 0.29) is 11.9 Å². The fourth-order valence-electron chi connectivity index (χ4n) is 6.12. The number of hydrogen-bond donors (Lipinski definition) is 2. The summed E-state index contributed by atoms with van der Waals surface area (Å²) in [6.45, 7) is 2.28. The summed E-state index contributed by atoms with van der Waals surface area (Å²) in [7, 11) is 1.89. The van der Waals surface area contributed by atoms with Crippen LogP contribution in [0.4, 0.5) is 5.69 Å². The Morgan fingerprint density at radius 1 is 1.00 bits per heavy atom. The Bertz CT molecular complexity index is 1670. The number of H-pyrrole nitrogens is 1. The van der Waals surface area contributed by atoms with Crippen molar-refractivity contribution in [1.82, 2.24) is 39.5 Å². The zero-order valence-corrected chi connectivity index (χ0v) is 21.9. The molecule has 2 fully saturated rings. The predicted molar refractivity (Wildman–Crippen MR) is 151 cm³/mol. The highest BCUT2D eigenvalue weighted by Gasteiger charge is 2.32. The lowest BCUT2D eigenvalue weighted by atomic mass is 9.90. The topological polar surface area (TPSA) is 122 Å². The van der Waals surface area contributed by atoms with Crippen molar-refractivity contribution >= 4 is 33.7 Å². The van der Waals surface area contributed by atoms with Crippen molar-refractivity contribution in [3.63, 3.8) is 0 Å². The number of imidazole rings is 1. The molecule has 10 heteroatoms. The van der Waals surface area contributed by atoms with E-state index in [1.165, 1.54) is 0 Å². The smallest absolute Gasteiger partial charge is 0.236 e. The molecule has 3 N–H and O–H groups in total. The molecule has 2 aliphatic rings. The van der Waals surface area contributed by atoms with Gasteiger partial charge in [-0.25, -0.2) is 19.6 Å². The molecule has 0 unspecified atom stereocenters. The van der Waals surface area contributed by atoms with E-state index in [0.717, 1.165) is 83.5 Å². The van der Waals surface area contributed by atoms with E-state index in [2.05, 4.69) is 30.6 Å². The number of nitrogens with one attached hydrogen (secondary N) is 1. The molecule has 7 rings (SSSR count). The molecule has 5 aromatic rings. The molecule has 0 bridgehead atoms. The minimum atomic E-state index is 0.215. The minimum absolute atomic E-state index is 0.215. The first-order chi connectivity index (χ1) is 19.0. The Morgan fingerprint density at radius 2 is 1.79 bits per heavy atom. The van der Waals surface area contributed by atoms with Crippen LogP contribution in [0.2, 0.25) is 0 Å². The first-order valence-electron chi connectivity index (χ1n) is 13.6. The van der Waals surface area contributed by atoms with Crippen molar-refractivity contribution in [3.05, 3.63) is 55.0 Å². The maximum Gasteiger partial charge on any atom is 0.236 e. The highest BCUT2D eigenvalue weighted by atomic mass is 16.2. The third-order valence-electron chi connectivity index (χ3n) is 8.32. The Balaban J connectivity index is 1.19. The molecule has 1 saturated carbocycles. The van der Waals surface area contributed by atoms with E-state index in [0.29, 0.717) is 18.3 Å². The lowest BCUT2D eigenvalue weighted by Crippen LogP contribution is -2.52. The van der Waals surface area contributed by atoms with Crippen molar-refractivity contribution in [1.29, 1.82) is 0 Å². The molecule has 1 saturated heterocycles. The summed E-state index contributed by atoms with van der Waals surface area (Å²) in [6.07, 6.45) is 7.49. The summed E-state index contributed by atoms with van der Waals surface area (Å²) < 4.78 is 2.08. The summed E-state index contributed by atoms with van der Waals surface area (Å²) in [5.74, 6) is 0.999. The number of fused-ring (bicyclic) bond motifs is 2. The molecular formula is C29H31N9O. The first kappa shape index (κ1) is 23.8. The van der Waals surface area contributed by atoms with Crippen LogP contribution in [0, 0.1) is 0 Å². The van der Waals surface area contributed by atoms with Gasteiger partial charge >= 0.3 is 0 Å². The Kier molecular flexibility index (Phi) is 5.77. The van der Waals surface area contributed by atoms with Crippen molar-refractivity contribution < 1.29 is 4.79 Å². The molecule has 4 heterocycles. The van der Waals surface area contributed by atoms with Gasteiger partial charge in [0.25, 0.3) is 0 Å². The Hall–Kier alpha value is -4.31. The second-order valence-corrected chi connectivity index (χ2v) is 10.7. The van der Waals surface area contributed by atoms with Crippen molar-refractivity contribution in [2.75, 3.05) is 32.4 Å². The number of nitrogens with two attached hydrogens (primary N) is 1. The second-order valence-electron chi connectivity index (χ2n) is 10.7. The van der Waals surface area contributed by atoms with E-state index >= 15 is 0 Å². The number of carbonyl (C=O) groups is 1. The third-order valence-corrected chi connectivity index (χ3v) is 8.32. The molecule has 1 aliphatic heterocycles. The van der Waals surface area contributed by atoms with Crippen LogP contribution in [0.3, 0.4) is 0 Å². The lowest BCUT2D eigenvalue weighted by molar-refractivity contribution is -0.135. The number of likely N-dealkylation sites (N-methyl/N-ethyl adjacent to an activating group) is 1. The van der Waals surface area contributed by atoms with Crippen LogP contribution >= 0.6 is 0 Å². The van der Waals surface area contributed by atoms with E-state index in [4.69, 9.17) is 15.8 Å². The molecule has 10 nitrogen and oxygen atoms in total. The lowest BCUT2D eigenvalue weighted by Gasteiger charge is -2.40. The SMILES string of the molecule is CN1CCN(C2CCC(n3nc(-c4cc(N)c5nc(-c6ccccc6)[nH]c5c4)c4cncnc43)CC2)CC1=O. The van der Waals surface area contributed by atoms with Gasteiger partial charge in [0.05, 0.1) is 29.2 Å². The highest BCUT2D eigenvalue weighted by molar-refractivity contribution is 5.98. The van der Waals surface area contributed by atoms with Gasteiger partial charge in [-0.1, -0.05) is 30.3 Å². The molecule has 0 atom stereocenters. The van der Waals surface area contributed by atoms with Gasteiger partial charge in [-0.2, -0.15) is 5.10 Å². The quantitative estimate of drug-likeness (QED) is 0.344. The van der Waals surface area contributed by atoms with Crippen molar-refractivity contribution in [2.45, 2.75) is 37.8 Å². The van der Waals surface area contributed by atoms with Gasteiger partial charge in [-0.05, 0) is 37.8 Å². The zero-order valence-electron chi connectivity index (χ0n) is 21.9. The summed E-state index contributed by atoms with van der Waals surface area (Å²) in [4.78, 5) is 33.6. The number of hydrogen-bond acceptors (Lipinski definition) is 7. The molecule has 198 valence electrons. The van der Waals surface area contributed by atoms with Gasteiger partial charge in [-0.15, -0.1) is 0 Å². The molecule has 39 heavy (non-hydrogen) atoms. The molecular weight excluding hydrogens is 490 g/mol. The van der Waals surface area contributed by atoms with Gasteiger partial charge in [-0.3, -0.25) is 9.69 Å². The number of benzene rings is 2. The number of nitrogen functional groups attached to an aromatic ring is 1. The molecule has 1 aliphatic carbocycles. The van der Waals surface area contributed by atoms with Crippen LogP contribution in [-0.4, -0.2) is 78.1 Å². The normalized spacial score (nSPS) is 20.7. The Morgan fingerprint density at radius 3 is 2.59 bits per heavy atom. The fourth-order valence-corrected chi connectivity index (χ4v) is 6.12. The van der Waals surface area contributed by atoms with Crippen LogP contribution in [0.15, 0.2) is 55.0 Å². The maximum absolute atomic E-state index is 12.2. The average molecular weight is 522 g/mol. The van der Waals surface area contributed by atoms with Crippen molar-refractivity contribution in [2.24, 2.45) is 0 Å². The van der Waals surface area contributed by atoms with Crippen LogP contribution in [0.25, 0.3) is 44.7 Å². The first-order valence-corrected chi connectivity index (χ1v) is 13.6. The maximum atomic E-state index is 12.2. The van der Waals surface area contributed by atoms with Crippen LogP contribution in [0.1, 0.15) is 31.7 Å². The van der Waals surface area contributed by atoms with Gasteiger partial charge < -0.3 is 15.6 Å². The number of carbonyl (C=O) groups excluding carboxylic acids is 1. The standard InChI is InChI=1S/C29H31N9O/c1-36-11-12-37(16-25(36)39)20-7-9-21(10-8-20)38-29-22(15-31-17-32-29)26(35-38)19-13-23(30)27-24(14-19)33-28(34-27)18-5-3-2-4-6-18/h2-6,13-15,17,20-21H,7-12,16,30H2,1H3,(H,33,34). The summed E-state index contributed by atoms with van der Waals surface area (Å²) >= 11 is 0. The molecule has 3 aromatic heterocycles. The summed E-state index contributed by atoms with van der Waals surface area (Å²) in [5.41, 5.74) is 12.3. The van der Waals surface area contributed by atoms with E-state index in [1.54, 1.807) is 6.33 Å². The molecule has 1 amide bonds. The minimum Gasteiger partial charge on any atom is -0.397 e. The van der Waals surface area contributed by atoms with Crippen LogP contribution in [-0.2, 0) is 4.79 Å². The van der Waals surface area contributed by atoms with Gasteiger partial charge in [0, 0.05) is 43.5 Å². The van der Waals surface area contributed by atoms with E-state index < -0.39 is 0 Å². The number of piperazine rings is 1. The number of nitrogens with zero attached hydrogens (tertiary/aromatic N) is 7. The third kappa shape index (κ3) is 4.21. The Labute approximate surface area is 225 Å². The summed E-state index contributed by atoms with van der Waals surface area (Å²) in [5, 5.41) is 6.01. The number of rotatable bonds is 4. The average Bonchev–Trinajstić information content (AvgIpc) is 3.58. The number of aromatic amines is 1. The van der Waals surface area contributed by atoms with Crippen LogP contribution < -0.4 is 5.73 Å². The van der Waals surface area contributed by atoms with Gasteiger partial charge in [0.15, 0.2) is 5.65 Å². The monoisotopic (exact) mass is 521 g/mol.